The zero-order valence-corrected chi connectivity index (χ0v) is 12.3. The molecule has 0 radical (unpaired) electrons. The van der Waals surface area contributed by atoms with Crippen molar-refractivity contribution in [2.75, 3.05) is 5.75 Å². The van der Waals surface area contributed by atoms with Crippen molar-refractivity contribution in [2.24, 2.45) is 0 Å². The lowest BCUT2D eigenvalue weighted by Crippen LogP contribution is -2.54. The SMILES string of the molecule is CC(C)(C)S(=O)(=O)CC(=O)NC1(C(=O)O)CCCC1. The van der Waals surface area contributed by atoms with Crippen molar-refractivity contribution in [3.63, 3.8) is 0 Å². The molecule has 0 spiro atoms. The number of carbonyl (C=O) groups excluding carboxylic acids is 1. The second kappa shape index (κ2) is 5.11. The summed E-state index contributed by atoms with van der Waals surface area (Å²) in [6.45, 7) is 4.54. The minimum Gasteiger partial charge on any atom is -0.480 e. The summed E-state index contributed by atoms with van der Waals surface area (Å²) in [5, 5.41) is 11.6. The van der Waals surface area contributed by atoms with Crippen LogP contribution in [0, 0.1) is 0 Å². The van der Waals surface area contributed by atoms with Crippen LogP contribution in [0.25, 0.3) is 0 Å². The van der Waals surface area contributed by atoms with Crippen LogP contribution in [-0.4, -0.2) is 41.4 Å². The number of hydrogen-bond acceptors (Lipinski definition) is 4. The fraction of sp³-hybridized carbons (Fsp3) is 0.833. The molecular formula is C12H21NO5S. The highest BCUT2D eigenvalue weighted by Crippen LogP contribution is 2.30. The molecule has 0 saturated heterocycles. The summed E-state index contributed by atoms with van der Waals surface area (Å²) in [4.78, 5) is 23.1. The van der Waals surface area contributed by atoms with Crippen LogP contribution in [-0.2, 0) is 19.4 Å². The average molecular weight is 291 g/mol. The Morgan fingerprint density at radius 3 is 2.05 bits per heavy atom. The van der Waals surface area contributed by atoms with E-state index in [2.05, 4.69) is 5.32 Å². The normalized spacial score (nSPS) is 19.1. The summed E-state index contributed by atoms with van der Waals surface area (Å²) in [7, 11) is -3.60. The van der Waals surface area contributed by atoms with Gasteiger partial charge in [0, 0.05) is 0 Å². The molecule has 0 aliphatic heterocycles. The van der Waals surface area contributed by atoms with E-state index in [0.29, 0.717) is 12.8 Å². The highest BCUT2D eigenvalue weighted by atomic mass is 32.2. The number of sulfone groups is 1. The van der Waals surface area contributed by atoms with Crippen molar-refractivity contribution in [2.45, 2.75) is 56.7 Å². The van der Waals surface area contributed by atoms with Gasteiger partial charge in [0.1, 0.15) is 11.3 Å². The first-order valence-electron chi connectivity index (χ1n) is 6.27. The van der Waals surface area contributed by atoms with Crippen LogP contribution in [0.5, 0.6) is 0 Å². The van der Waals surface area contributed by atoms with Crippen molar-refractivity contribution < 1.29 is 23.1 Å². The van der Waals surface area contributed by atoms with Gasteiger partial charge in [-0.2, -0.15) is 0 Å². The number of nitrogens with one attached hydrogen (secondary N) is 1. The Morgan fingerprint density at radius 2 is 1.68 bits per heavy atom. The van der Waals surface area contributed by atoms with Gasteiger partial charge in [0.15, 0.2) is 9.84 Å². The van der Waals surface area contributed by atoms with Crippen LogP contribution in [0.2, 0.25) is 0 Å². The zero-order valence-electron chi connectivity index (χ0n) is 11.5. The Morgan fingerprint density at radius 1 is 1.21 bits per heavy atom. The first-order chi connectivity index (χ1) is 8.50. The molecule has 0 atom stereocenters. The maximum atomic E-state index is 11.9. The first-order valence-corrected chi connectivity index (χ1v) is 7.92. The molecule has 1 rings (SSSR count). The summed E-state index contributed by atoms with van der Waals surface area (Å²) in [5.74, 6) is -2.50. The largest absolute Gasteiger partial charge is 0.480 e. The quantitative estimate of drug-likeness (QED) is 0.794. The number of carboxylic acid groups (broad SMARTS) is 1. The van der Waals surface area contributed by atoms with Gasteiger partial charge in [0.05, 0.1) is 4.75 Å². The third-order valence-electron chi connectivity index (χ3n) is 3.50. The van der Waals surface area contributed by atoms with Crippen LogP contribution < -0.4 is 5.32 Å². The molecule has 0 aromatic heterocycles. The minimum absolute atomic E-state index is 0.351. The Hall–Kier alpha value is -1.11. The van der Waals surface area contributed by atoms with Crippen LogP contribution in [0.3, 0.4) is 0 Å². The van der Waals surface area contributed by atoms with Gasteiger partial charge in [-0.3, -0.25) is 4.79 Å². The van der Waals surface area contributed by atoms with E-state index < -0.39 is 37.8 Å². The molecule has 1 amide bonds. The van der Waals surface area contributed by atoms with E-state index >= 15 is 0 Å². The molecule has 0 heterocycles. The summed E-state index contributed by atoms with van der Waals surface area (Å²) >= 11 is 0. The fourth-order valence-electron chi connectivity index (χ4n) is 2.06. The molecule has 19 heavy (non-hydrogen) atoms. The molecule has 0 aromatic rings. The number of amides is 1. The Labute approximate surface area is 113 Å². The van der Waals surface area contributed by atoms with E-state index in [0.717, 1.165) is 12.8 Å². The van der Waals surface area contributed by atoms with E-state index in [4.69, 9.17) is 0 Å². The Balaban J connectivity index is 2.78. The van der Waals surface area contributed by atoms with Crippen LogP contribution >= 0.6 is 0 Å². The molecule has 2 N–H and O–H groups in total. The van der Waals surface area contributed by atoms with E-state index in [1.165, 1.54) is 20.8 Å². The number of carbonyl (C=O) groups is 2. The van der Waals surface area contributed by atoms with E-state index in [1.54, 1.807) is 0 Å². The number of carboxylic acids is 1. The van der Waals surface area contributed by atoms with Gasteiger partial charge in [-0.05, 0) is 33.6 Å². The lowest BCUT2D eigenvalue weighted by molar-refractivity contribution is -0.147. The molecule has 110 valence electrons. The van der Waals surface area contributed by atoms with E-state index in [9.17, 15) is 23.1 Å². The number of aliphatic carboxylic acids is 1. The predicted octanol–water partition coefficient (Wildman–Crippen LogP) is 0.713. The van der Waals surface area contributed by atoms with Crippen molar-refractivity contribution in [1.29, 1.82) is 0 Å². The average Bonchev–Trinajstić information content (AvgIpc) is 2.64. The summed E-state index contributed by atoms with van der Waals surface area (Å²) in [6, 6.07) is 0. The molecule has 0 aromatic carbocycles. The topological polar surface area (TPSA) is 101 Å². The highest BCUT2D eigenvalue weighted by molar-refractivity contribution is 7.93. The van der Waals surface area contributed by atoms with Gasteiger partial charge >= 0.3 is 5.97 Å². The van der Waals surface area contributed by atoms with Gasteiger partial charge < -0.3 is 10.4 Å². The molecular weight excluding hydrogens is 270 g/mol. The Kier molecular flexibility index (Phi) is 4.29. The molecule has 1 aliphatic carbocycles. The van der Waals surface area contributed by atoms with Crippen molar-refractivity contribution >= 4 is 21.7 Å². The number of hydrogen-bond donors (Lipinski definition) is 2. The second-order valence-corrected chi connectivity index (χ2v) is 8.76. The van der Waals surface area contributed by atoms with Crippen molar-refractivity contribution in [1.82, 2.24) is 5.32 Å². The molecule has 0 unspecified atom stereocenters. The monoisotopic (exact) mass is 291 g/mol. The molecule has 6 nitrogen and oxygen atoms in total. The smallest absolute Gasteiger partial charge is 0.329 e. The Bertz CT molecular complexity index is 469. The van der Waals surface area contributed by atoms with Gasteiger partial charge in [-0.1, -0.05) is 12.8 Å². The molecule has 7 heteroatoms. The van der Waals surface area contributed by atoms with Crippen LogP contribution in [0.4, 0.5) is 0 Å². The zero-order chi connectivity index (χ0) is 14.9. The first kappa shape index (κ1) is 15.9. The van der Waals surface area contributed by atoms with Gasteiger partial charge in [0.25, 0.3) is 0 Å². The lowest BCUT2D eigenvalue weighted by atomic mass is 9.98. The minimum atomic E-state index is -3.60. The molecule has 1 fully saturated rings. The third kappa shape index (κ3) is 3.46. The lowest BCUT2D eigenvalue weighted by Gasteiger charge is -2.26. The molecule has 1 aliphatic rings. The second-order valence-electron chi connectivity index (χ2n) is 6.01. The highest BCUT2D eigenvalue weighted by Gasteiger charge is 2.43. The van der Waals surface area contributed by atoms with E-state index in [1.807, 2.05) is 0 Å². The van der Waals surface area contributed by atoms with Crippen molar-refractivity contribution in [3.05, 3.63) is 0 Å². The third-order valence-corrected chi connectivity index (χ3v) is 6.01. The molecule has 1 saturated carbocycles. The summed E-state index contributed by atoms with van der Waals surface area (Å²) in [6.07, 6.45) is 2.14. The van der Waals surface area contributed by atoms with Crippen LogP contribution in [0.1, 0.15) is 46.5 Å². The maximum Gasteiger partial charge on any atom is 0.329 e. The molecule has 0 bridgehead atoms. The van der Waals surface area contributed by atoms with Gasteiger partial charge in [0.2, 0.25) is 5.91 Å². The summed E-state index contributed by atoms with van der Waals surface area (Å²) < 4.78 is 22.8. The van der Waals surface area contributed by atoms with Gasteiger partial charge in [-0.25, -0.2) is 13.2 Å². The number of rotatable bonds is 4. The van der Waals surface area contributed by atoms with E-state index in [-0.39, 0.29) is 0 Å². The van der Waals surface area contributed by atoms with Crippen LogP contribution in [0.15, 0.2) is 0 Å². The predicted molar refractivity (Wildman–Crippen MR) is 70.5 cm³/mol. The fourth-order valence-corrected chi connectivity index (χ4v) is 2.91. The summed E-state index contributed by atoms with van der Waals surface area (Å²) in [5.41, 5.74) is -1.29. The standard InChI is InChI=1S/C12H21NO5S/c1-11(2,3)19(17,18)8-9(14)13-12(10(15)16)6-4-5-7-12/h4-8H2,1-3H3,(H,13,14)(H,15,16). The maximum absolute atomic E-state index is 11.9. The van der Waals surface area contributed by atoms with Crippen molar-refractivity contribution in [3.8, 4) is 0 Å². The van der Waals surface area contributed by atoms with Gasteiger partial charge in [-0.15, -0.1) is 0 Å².